The zero-order valence-electron chi connectivity index (χ0n) is 35.7. The van der Waals surface area contributed by atoms with Gasteiger partial charge in [0.15, 0.2) is 11.7 Å². The van der Waals surface area contributed by atoms with Crippen molar-refractivity contribution in [3.05, 3.63) is 71.1 Å². The summed E-state index contributed by atoms with van der Waals surface area (Å²) in [6, 6.07) is 0.0588. The normalized spacial score (nSPS) is 31.2. The Morgan fingerprint density at radius 2 is 1.69 bits per heavy atom. The SMILES string of the molecule is CC1=CC2C(O)CCCC2C(C)(/C(O)=C2\C(=O)CNC2=O)C1CCC(C)C(O)/C(C)=C\CC(O)/C=C/C(C)C(O)/C=C/CC(O)/C=C/CC(O)CC1CCCN1C(=N)N. The van der Waals surface area contributed by atoms with E-state index >= 15 is 0 Å². The van der Waals surface area contributed by atoms with Crippen LogP contribution in [0.15, 0.2) is 71.1 Å². The number of likely N-dealkylation sites (tertiary alicyclic amines) is 1. The van der Waals surface area contributed by atoms with E-state index in [1.54, 1.807) is 36.5 Å². The highest BCUT2D eigenvalue weighted by atomic mass is 16.3. The third-order valence-electron chi connectivity index (χ3n) is 13.6. The van der Waals surface area contributed by atoms with E-state index in [4.69, 9.17) is 11.1 Å². The minimum absolute atomic E-state index is 0.0315. The van der Waals surface area contributed by atoms with Gasteiger partial charge in [0.1, 0.15) is 11.3 Å². The Labute approximate surface area is 350 Å². The number of nitrogens with one attached hydrogen (secondary N) is 2. The molecule has 0 aromatic heterocycles. The van der Waals surface area contributed by atoms with Gasteiger partial charge in [-0.05, 0) is 101 Å². The van der Waals surface area contributed by atoms with E-state index in [0.29, 0.717) is 37.7 Å². The summed E-state index contributed by atoms with van der Waals surface area (Å²) in [5.74, 6) is -2.23. The maximum absolute atomic E-state index is 12.8. The summed E-state index contributed by atoms with van der Waals surface area (Å²) in [7, 11) is 0. The first-order valence-corrected chi connectivity index (χ1v) is 21.7. The van der Waals surface area contributed by atoms with E-state index in [2.05, 4.69) is 11.4 Å². The van der Waals surface area contributed by atoms with Crippen molar-refractivity contribution < 1.29 is 45.3 Å². The van der Waals surface area contributed by atoms with Crippen LogP contribution in [0.1, 0.15) is 105 Å². The molecule has 2 heterocycles. The van der Waals surface area contributed by atoms with Crippen LogP contribution in [-0.2, 0) is 9.59 Å². The van der Waals surface area contributed by atoms with Gasteiger partial charge in [-0.3, -0.25) is 15.0 Å². The Bertz CT molecular complexity index is 1640. The van der Waals surface area contributed by atoms with Crippen LogP contribution in [0.2, 0.25) is 0 Å². The molecule has 0 radical (unpaired) electrons. The molecule has 13 unspecified atom stereocenters. The molecule has 2 aliphatic heterocycles. The van der Waals surface area contributed by atoms with Crippen molar-refractivity contribution in [1.82, 2.24) is 10.2 Å². The van der Waals surface area contributed by atoms with Crippen molar-refractivity contribution in [2.24, 2.45) is 40.7 Å². The van der Waals surface area contributed by atoms with E-state index < -0.39 is 53.7 Å². The van der Waals surface area contributed by atoms with Gasteiger partial charge in [0.2, 0.25) is 0 Å². The first kappa shape index (κ1) is 48.1. The molecule has 11 N–H and O–H groups in total. The van der Waals surface area contributed by atoms with Gasteiger partial charge < -0.3 is 51.7 Å². The van der Waals surface area contributed by atoms with E-state index in [1.807, 2.05) is 45.6 Å². The molecule has 4 aliphatic rings. The molecule has 1 amide bonds. The summed E-state index contributed by atoms with van der Waals surface area (Å²) < 4.78 is 0. The molecule has 13 atom stereocenters. The number of aliphatic hydroxyl groups is 7. The summed E-state index contributed by atoms with van der Waals surface area (Å²) in [6.45, 7) is 10.1. The van der Waals surface area contributed by atoms with Crippen LogP contribution in [0.5, 0.6) is 0 Å². The van der Waals surface area contributed by atoms with E-state index in [9.17, 15) is 45.3 Å². The van der Waals surface area contributed by atoms with Gasteiger partial charge in [-0.15, -0.1) is 0 Å². The smallest absolute Gasteiger partial charge is 0.258 e. The molecule has 2 aliphatic carbocycles. The summed E-state index contributed by atoms with van der Waals surface area (Å²) in [4.78, 5) is 27.3. The summed E-state index contributed by atoms with van der Waals surface area (Å²) in [5, 5.41) is 86.3. The van der Waals surface area contributed by atoms with Crippen LogP contribution in [0.25, 0.3) is 0 Å². The maximum Gasteiger partial charge on any atom is 0.258 e. The molecule has 59 heavy (non-hydrogen) atoms. The predicted octanol–water partition coefficient (Wildman–Crippen LogP) is 4.25. The highest BCUT2D eigenvalue weighted by Gasteiger charge is 2.55. The van der Waals surface area contributed by atoms with Gasteiger partial charge >= 0.3 is 0 Å². The van der Waals surface area contributed by atoms with E-state index in [0.717, 1.165) is 37.8 Å². The number of hydrogen-bond donors (Lipinski definition) is 10. The Morgan fingerprint density at radius 3 is 2.37 bits per heavy atom. The van der Waals surface area contributed by atoms with Gasteiger partial charge in [0.25, 0.3) is 5.91 Å². The number of hydrogen-bond acceptors (Lipinski definition) is 10. The molecule has 1 saturated carbocycles. The van der Waals surface area contributed by atoms with Gasteiger partial charge in [0, 0.05) is 29.8 Å². The minimum Gasteiger partial charge on any atom is -0.511 e. The van der Waals surface area contributed by atoms with Crippen LogP contribution in [0.4, 0.5) is 0 Å². The number of rotatable bonds is 19. The predicted molar refractivity (Wildman–Crippen MR) is 229 cm³/mol. The lowest BCUT2D eigenvalue weighted by Gasteiger charge is -2.53. The number of amides is 1. The number of nitrogens with zero attached hydrogens (tertiary/aromatic N) is 1. The molecular weight excluding hydrogens is 753 g/mol. The number of allylic oxidation sites excluding steroid dienone is 2. The number of carbonyl (C=O) groups excluding carboxylic acids is 2. The first-order chi connectivity index (χ1) is 27.9. The Balaban J connectivity index is 1.25. The first-order valence-electron chi connectivity index (χ1n) is 21.7. The molecule has 3 fully saturated rings. The number of fused-ring (bicyclic) bond motifs is 1. The average Bonchev–Trinajstić information content (AvgIpc) is 3.80. The number of ketones is 1. The number of Topliss-reactive ketones (excluding diaryl/α,β-unsaturated/α-hetero) is 1. The maximum atomic E-state index is 12.8. The molecule has 330 valence electrons. The minimum atomic E-state index is -0.953. The molecule has 0 aromatic carbocycles. The molecule has 0 spiro atoms. The molecule has 2 saturated heterocycles. The number of aliphatic hydroxyl groups excluding tert-OH is 7. The largest absolute Gasteiger partial charge is 0.511 e. The van der Waals surface area contributed by atoms with Crippen LogP contribution < -0.4 is 11.1 Å². The average molecular weight is 825 g/mol. The second-order valence-electron chi connectivity index (χ2n) is 17.9. The van der Waals surface area contributed by atoms with Gasteiger partial charge in [-0.1, -0.05) is 81.4 Å². The lowest BCUT2D eigenvalue weighted by atomic mass is 9.52. The van der Waals surface area contributed by atoms with Crippen molar-refractivity contribution in [2.45, 2.75) is 148 Å². The van der Waals surface area contributed by atoms with Crippen molar-refractivity contribution in [3.8, 4) is 0 Å². The van der Waals surface area contributed by atoms with Crippen molar-refractivity contribution in [1.29, 1.82) is 5.41 Å². The molecule has 0 bridgehead atoms. The van der Waals surface area contributed by atoms with Gasteiger partial charge in [-0.25, -0.2) is 0 Å². The monoisotopic (exact) mass is 825 g/mol. The standard InChI is InChI=1S/C46H72N4O9/c1-27(38(54)15-7-12-32(51)11-6-13-34(53)25-31-10-9-23-50(31)45(47)48)17-20-33(52)21-18-28(2)42(57)29(3)19-22-36-30(4)24-35-37(14-8-16-39(35)55)46(36,5)43(58)41-40(56)26-49-44(41)59/h6-7,11,15,17-18,20,24,27,29,31-39,42,51-55,57-58H,8-10,12-14,16,19,21-23,25-26H2,1-5H3,(H3,47,48)(H,49,59)/b11-6+,15-7+,20-17+,28-18-,43-41-. The molecular formula is C46H72N4O9. The second-order valence-corrected chi connectivity index (χ2v) is 17.9. The van der Waals surface area contributed by atoms with Crippen LogP contribution >= 0.6 is 0 Å². The lowest BCUT2D eigenvalue weighted by molar-refractivity contribution is -0.118. The molecule has 4 rings (SSSR count). The van der Waals surface area contributed by atoms with E-state index in [-0.39, 0.29) is 72.3 Å². The van der Waals surface area contributed by atoms with Crippen LogP contribution in [0, 0.1) is 40.4 Å². The lowest BCUT2D eigenvalue weighted by Crippen LogP contribution is -2.50. The molecule has 13 nitrogen and oxygen atoms in total. The fraction of sp³-hybridized carbons (Fsp3) is 0.674. The molecule has 13 heteroatoms. The topological polar surface area (TPSA) is 241 Å². The van der Waals surface area contributed by atoms with Gasteiger partial charge in [0.05, 0.1) is 43.2 Å². The van der Waals surface area contributed by atoms with Crippen molar-refractivity contribution >= 4 is 17.6 Å². The summed E-state index contributed by atoms with van der Waals surface area (Å²) >= 11 is 0. The summed E-state index contributed by atoms with van der Waals surface area (Å²) in [5.41, 5.74) is 6.20. The van der Waals surface area contributed by atoms with E-state index in [1.165, 1.54) is 0 Å². The fourth-order valence-corrected chi connectivity index (χ4v) is 9.89. The van der Waals surface area contributed by atoms with Crippen LogP contribution in [-0.4, -0.2) is 114 Å². The fourth-order valence-electron chi connectivity index (χ4n) is 9.89. The molecule has 0 aromatic rings. The number of nitrogens with two attached hydrogens (primary N) is 1. The zero-order chi connectivity index (χ0) is 43.6. The Morgan fingerprint density at radius 1 is 1.00 bits per heavy atom. The zero-order valence-corrected chi connectivity index (χ0v) is 35.7. The highest BCUT2D eigenvalue weighted by Crippen LogP contribution is 2.58. The second kappa shape index (κ2) is 21.8. The quantitative estimate of drug-likeness (QED) is 0.0221. The number of guanidine groups is 1. The number of carbonyl (C=O) groups is 2. The Kier molecular flexibility index (Phi) is 17.8. The summed E-state index contributed by atoms with van der Waals surface area (Å²) in [6.07, 6.45) is 16.2. The van der Waals surface area contributed by atoms with Crippen molar-refractivity contribution in [2.75, 3.05) is 13.1 Å². The third kappa shape index (κ3) is 12.3. The van der Waals surface area contributed by atoms with Gasteiger partial charge in [-0.2, -0.15) is 0 Å². The highest BCUT2D eigenvalue weighted by molar-refractivity contribution is 6.25. The Hall–Kier alpha value is -3.59. The van der Waals surface area contributed by atoms with Crippen molar-refractivity contribution in [3.63, 3.8) is 0 Å². The third-order valence-corrected chi connectivity index (χ3v) is 13.6. The van der Waals surface area contributed by atoms with Crippen LogP contribution in [0.3, 0.4) is 0 Å².